The number of hydrogen-bond donors (Lipinski definition) is 1. The molecule has 4 nitrogen and oxygen atoms in total. The Hall–Kier alpha value is -1.39. The van der Waals surface area contributed by atoms with E-state index in [4.69, 9.17) is 5.73 Å². The molecule has 0 radical (unpaired) electrons. The zero-order chi connectivity index (χ0) is 16.9. The molecular formula is C20H31N3O. The standard InChI is InChI=1S/C20H31N3O/c1-16-9-12-22(13-10-16)14-17-6-5-11-23(15-17)19(20(21)24)18-7-3-2-4-8-18/h2-4,7-8,16-17,19H,5-6,9-15H2,1H3,(H2,21,24)/t17-,19-/m0/s1. The third-order valence-corrected chi connectivity index (χ3v) is 5.69. The highest BCUT2D eigenvalue weighted by molar-refractivity contribution is 5.81. The van der Waals surface area contributed by atoms with Crippen molar-refractivity contribution in [2.75, 3.05) is 32.7 Å². The van der Waals surface area contributed by atoms with Crippen LogP contribution in [0.4, 0.5) is 0 Å². The topological polar surface area (TPSA) is 49.6 Å². The van der Waals surface area contributed by atoms with Gasteiger partial charge in [0.1, 0.15) is 6.04 Å². The quantitative estimate of drug-likeness (QED) is 0.903. The van der Waals surface area contributed by atoms with E-state index in [0.717, 1.165) is 31.0 Å². The molecule has 132 valence electrons. The maximum absolute atomic E-state index is 12.1. The Morgan fingerprint density at radius 3 is 2.54 bits per heavy atom. The number of hydrogen-bond acceptors (Lipinski definition) is 3. The molecule has 1 aromatic carbocycles. The van der Waals surface area contributed by atoms with Gasteiger partial charge in [0.05, 0.1) is 0 Å². The molecule has 2 fully saturated rings. The summed E-state index contributed by atoms with van der Waals surface area (Å²) < 4.78 is 0. The van der Waals surface area contributed by atoms with Gasteiger partial charge in [0, 0.05) is 13.1 Å². The Morgan fingerprint density at radius 2 is 1.88 bits per heavy atom. The average molecular weight is 329 g/mol. The molecule has 0 bridgehead atoms. The van der Waals surface area contributed by atoms with E-state index in [1.165, 1.54) is 38.9 Å². The van der Waals surface area contributed by atoms with Gasteiger partial charge in [-0.2, -0.15) is 0 Å². The molecular weight excluding hydrogens is 298 g/mol. The van der Waals surface area contributed by atoms with E-state index in [1.54, 1.807) is 0 Å². The predicted molar refractivity (Wildman–Crippen MR) is 97.5 cm³/mol. The summed E-state index contributed by atoms with van der Waals surface area (Å²) in [5.41, 5.74) is 6.78. The van der Waals surface area contributed by atoms with Crippen molar-refractivity contribution >= 4 is 5.91 Å². The molecule has 2 aliphatic heterocycles. The molecule has 0 saturated carbocycles. The van der Waals surface area contributed by atoms with Gasteiger partial charge >= 0.3 is 0 Å². The number of nitrogens with two attached hydrogens (primary N) is 1. The number of amides is 1. The van der Waals surface area contributed by atoms with E-state index in [1.807, 2.05) is 30.3 Å². The molecule has 2 saturated heterocycles. The summed E-state index contributed by atoms with van der Waals surface area (Å²) in [5.74, 6) is 1.30. The number of likely N-dealkylation sites (tertiary alicyclic amines) is 2. The molecule has 0 unspecified atom stereocenters. The second-order valence-electron chi connectivity index (χ2n) is 7.70. The van der Waals surface area contributed by atoms with E-state index in [9.17, 15) is 4.79 Å². The molecule has 2 N–H and O–H groups in total. The highest BCUT2D eigenvalue weighted by atomic mass is 16.1. The molecule has 0 aromatic heterocycles. The van der Waals surface area contributed by atoms with Crippen molar-refractivity contribution in [3.63, 3.8) is 0 Å². The van der Waals surface area contributed by atoms with Crippen molar-refractivity contribution in [1.82, 2.24) is 9.80 Å². The minimum atomic E-state index is -0.282. The summed E-state index contributed by atoms with van der Waals surface area (Å²) in [7, 11) is 0. The fourth-order valence-corrected chi connectivity index (χ4v) is 4.28. The van der Waals surface area contributed by atoms with Crippen molar-refractivity contribution in [2.24, 2.45) is 17.6 Å². The van der Waals surface area contributed by atoms with Gasteiger partial charge < -0.3 is 10.6 Å². The van der Waals surface area contributed by atoms with Crippen LogP contribution in [0.1, 0.15) is 44.2 Å². The second kappa shape index (κ2) is 8.13. The number of benzene rings is 1. The number of carbonyl (C=O) groups excluding carboxylic acids is 1. The van der Waals surface area contributed by atoms with E-state index < -0.39 is 0 Å². The minimum Gasteiger partial charge on any atom is -0.368 e. The van der Waals surface area contributed by atoms with Crippen molar-refractivity contribution < 1.29 is 4.79 Å². The first-order valence-electron chi connectivity index (χ1n) is 9.44. The van der Waals surface area contributed by atoms with Crippen LogP contribution >= 0.6 is 0 Å². The first-order chi connectivity index (χ1) is 11.6. The summed E-state index contributed by atoms with van der Waals surface area (Å²) in [4.78, 5) is 17.0. The third-order valence-electron chi connectivity index (χ3n) is 5.69. The van der Waals surface area contributed by atoms with Crippen LogP contribution in [0, 0.1) is 11.8 Å². The molecule has 1 amide bonds. The smallest absolute Gasteiger partial charge is 0.239 e. The SMILES string of the molecule is CC1CCN(C[C@@H]2CCCN([C@H](C(N)=O)c3ccccc3)C2)CC1. The Kier molecular flexibility index (Phi) is 5.90. The van der Waals surface area contributed by atoms with Crippen molar-refractivity contribution in [2.45, 2.75) is 38.6 Å². The summed E-state index contributed by atoms with van der Waals surface area (Å²) in [6.07, 6.45) is 5.07. The number of carbonyl (C=O) groups is 1. The summed E-state index contributed by atoms with van der Waals surface area (Å²) in [6, 6.07) is 9.72. The fourth-order valence-electron chi connectivity index (χ4n) is 4.28. The molecule has 2 aliphatic rings. The van der Waals surface area contributed by atoms with Crippen LogP contribution < -0.4 is 5.73 Å². The van der Waals surface area contributed by atoms with Crippen molar-refractivity contribution in [3.05, 3.63) is 35.9 Å². The van der Waals surface area contributed by atoms with Crippen molar-refractivity contribution in [1.29, 1.82) is 0 Å². The Morgan fingerprint density at radius 1 is 1.17 bits per heavy atom. The first kappa shape index (κ1) is 17.4. The van der Waals surface area contributed by atoms with Crippen LogP contribution in [0.2, 0.25) is 0 Å². The molecule has 4 heteroatoms. The van der Waals surface area contributed by atoms with Crippen molar-refractivity contribution in [3.8, 4) is 0 Å². The van der Waals surface area contributed by atoms with Crippen LogP contribution in [0.5, 0.6) is 0 Å². The lowest BCUT2D eigenvalue weighted by Crippen LogP contribution is -2.47. The van der Waals surface area contributed by atoms with E-state index >= 15 is 0 Å². The van der Waals surface area contributed by atoms with Gasteiger partial charge in [0.25, 0.3) is 0 Å². The molecule has 2 heterocycles. The highest BCUT2D eigenvalue weighted by Gasteiger charge is 2.31. The second-order valence-corrected chi connectivity index (χ2v) is 7.70. The lowest BCUT2D eigenvalue weighted by atomic mass is 9.92. The van der Waals surface area contributed by atoms with Crippen LogP contribution in [-0.4, -0.2) is 48.4 Å². The molecule has 0 aliphatic carbocycles. The van der Waals surface area contributed by atoms with Gasteiger partial charge in [0.2, 0.25) is 5.91 Å². The predicted octanol–water partition coefficient (Wildman–Crippen LogP) is 2.66. The number of rotatable bonds is 5. The zero-order valence-electron chi connectivity index (χ0n) is 14.9. The molecule has 1 aromatic rings. The lowest BCUT2D eigenvalue weighted by Gasteiger charge is -2.40. The van der Waals surface area contributed by atoms with Crippen LogP contribution in [0.25, 0.3) is 0 Å². The minimum absolute atomic E-state index is 0.228. The van der Waals surface area contributed by atoms with Gasteiger partial charge in [0.15, 0.2) is 0 Å². The van der Waals surface area contributed by atoms with Crippen LogP contribution in [0.15, 0.2) is 30.3 Å². The van der Waals surface area contributed by atoms with Gasteiger partial charge in [-0.1, -0.05) is 37.3 Å². The van der Waals surface area contributed by atoms with E-state index in [-0.39, 0.29) is 11.9 Å². The molecule has 24 heavy (non-hydrogen) atoms. The highest BCUT2D eigenvalue weighted by Crippen LogP contribution is 2.28. The molecule has 3 rings (SSSR count). The van der Waals surface area contributed by atoms with Gasteiger partial charge in [-0.05, 0) is 62.7 Å². The van der Waals surface area contributed by atoms with Gasteiger partial charge in [-0.25, -0.2) is 0 Å². The summed E-state index contributed by atoms with van der Waals surface area (Å²) in [6.45, 7) is 7.94. The van der Waals surface area contributed by atoms with Crippen LogP contribution in [0.3, 0.4) is 0 Å². The largest absolute Gasteiger partial charge is 0.368 e. The number of nitrogens with zero attached hydrogens (tertiary/aromatic N) is 2. The van der Waals surface area contributed by atoms with E-state index in [0.29, 0.717) is 5.92 Å². The third kappa shape index (κ3) is 4.37. The maximum Gasteiger partial charge on any atom is 0.239 e. The first-order valence-corrected chi connectivity index (χ1v) is 9.44. The Labute approximate surface area is 146 Å². The van der Waals surface area contributed by atoms with Gasteiger partial charge in [-0.3, -0.25) is 9.69 Å². The normalized spacial score (nSPS) is 25.5. The van der Waals surface area contributed by atoms with Gasteiger partial charge in [-0.15, -0.1) is 0 Å². The fraction of sp³-hybridized carbons (Fsp3) is 0.650. The monoisotopic (exact) mass is 329 g/mol. The molecule has 0 spiro atoms. The maximum atomic E-state index is 12.1. The zero-order valence-corrected chi connectivity index (χ0v) is 14.9. The van der Waals surface area contributed by atoms with E-state index in [2.05, 4.69) is 16.7 Å². The number of primary amides is 1. The molecule has 2 atom stereocenters. The summed E-state index contributed by atoms with van der Waals surface area (Å²) >= 11 is 0. The lowest BCUT2D eigenvalue weighted by molar-refractivity contribution is -0.124. The number of piperidine rings is 2. The Balaban J connectivity index is 1.62. The average Bonchev–Trinajstić information content (AvgIpc) is 2.58. The summed E-state index contributed by atoms with van der Waals surface area (Å²) in [5, 5.41) is 0. The Bertz CT molecular complexity index is 525. The van der Waals surface area contributed by atoms with Crippen LogP contribution in [-0.2, 0) is 4.79 Å².